The van der Waals surface area contributed by atoms with Crippen LogP contribution in [0.3, 0.4) is 0 Å². The van der Waals surface area contributed by atoms with Gasteiger partial charge in [0.05, 0.1) is 26.2 Å². The standard InChI is InChI=1S/C23H28N2O5/c1-17-3-9-21(10-4-17)29-14-11-22(26)30-18(2)23(27)24-19-5-7-20(8-6-19)25-12-15-28-16-13-25/h3-10,18H,11-16H2,1-2H3,(H,24,27)/t18-/m1/s1. The second kappa shape index (κ2) is 10.6. The molecule has 1 fully saturated rings. The Bertz CT molecular complexity index is 830. The van der Waals surface area contributed by atoms with Crippen LogP contribution in [0.1, 0.15) is 18.9 Å². The Kier molecular flexibility index (Phi) is 7.68. The number of nitrogens with one attached hydrogen (secondary N) is 1. The van der Waals surface area contributed by atoms with Gasteiger partial charge in [-0.2, -0.15) is 0 Å². The molecule has 0 radical (unpaired) electrons. The molecule has 1 amide bonds. The fourth-order valence-electron chi connectivity index (χ4n) is 3.02. The molecule has 0 aliphatic carbocycles. The number of benzene rings is 2. The van der Waals surface area contributed by atoms with Gasteiger partial charge in [0.1, 0.15) is 5.75 Å². The van der Waals surface area contributed by atoms with Crippen LogP contribution in [0, 0.1) is 6.92 Å². The maximum Gasteiger partial charge on any atom is 0.310 e. The second-order valence-electron chi connectivity index (χ2n) is 7.18. The third-order valence-electron chi connectivity index (χ3n) is 4.78. The van der Waals surface area contributed by atoms with Gasteiger partial charge in [-0.05, 0) is 50.2 Å². The van der Waals surface area contributed by atoms with Gasteiger partial charge < -0.3 is 24.4 Å². The summed E-state index contributed by atoms with van der Waals surface area (Å²) in [6, 6.07) is 15.2. The van der Waals surface area contributed by atoms with Gasteiger partial charge in [0.2, 0.25) is 0 Å². The molecule has 1 heterocycles. The van der Waals surface area contributed by atoms with Crippen LogP contribution in [0.5, 0.6) is 5.75 Å². The molecule has 0 saturated carbocycles. The van der Waals surface area contributed by atoms with Crippen molar-refractivity contribution in [2.75, 3.05) is 43.1 Å². The topological polar surface area (TPSA) is 77.1 Å². The highest BCUT2D eigenvalue weighted by molar-refractivity contribution is 5.95. The molecule has 7 heteroatoms. The lowest BCUT2D eigenvalue weighted by Gasteiger charge is -2.28. The number of morpholine rings is 1. The van der Waals surface area contributed by atoms with Gasteiger partial charge in [0, 0.05) is 24.5 Å². The molecule has 30 heavy (non-hydrogen) atoms. The summed E-state index contributed by atoms with van der Waals surface area (Å²) in [6.45, 7) is 6.88. The Morgan fingerprint density at radius 2 is 1.73 bits per heavy atom. The molecule has 160 valence electrons. The first-order chi connectivity index (χ1) is 14.5. The lowest BCUT2D eigenvalue weighted by atomic mass is 10.2. The van der Waals surface area contributed by atoms with Crippen molar-refractivity contribution in [3.05, 3.63) is 54.1 Å². The molecular weight excluding hydrogens is 384 g/mol. The molecule has 0 unspecified atom stereocenters. The smallest absolute Gasteiger partial charge is 0.310 e. The molecule has 2 aromatic carbocycles. The number of rotatable bonds is 8. The van der Waals surface area contributed by atoms with E-state index in [-0.39, 0.29) is 18.9 Å². The lowest BCUT2D eigenvalue weighted by molar-refractivity contribution is -0.153. The maximum atomic E-state index is 12.3. The summed E-state index contributed by atoms with van der Waals surface area (Å²) in [5.41, 5.74) is 2.88. The van der Waals surface area contributed by atoms with Crippen molar-refractivity contribution in [1.82, 2.24) is 0 Å². The van der Waals surface area contributed by atoms with Gasteiger partial charge in [-0.1, -0.05) is 17.7 Å². The first-order valence-electron chi connectivity index (χ1n) is 10.1. The number of carbonyl (C=O) groups excluding carboxylic acids is 2. The Labute approximate surface area is 176 Å². The summed E-state index contributed by atoms with van der Waals surface area (Å²) in [6.07, 6.45) is -0.824. The monoisotopic (exact) mass is 412 g/mol. The largest absolute Gasteiger partial charge is 0.493 e. The molecule has 1 aliphatic heterocycles. The average molecular weight is 412 g/mol. The SMILES string of the molecule is Cc1ccc(OCCC(=O)O[C@H](C)C(=O)Nc2ccc(N3CCOCC3)cc2)cc1. The van der Waals surface area contributed by atoms with Crippen molar-refractivity contribution >= 4 is 23.3 Å². The van der Waals surface area contributed by atoms with Crippen molar-refractivity contribution in [3.63, 3.8) is 0 Å². The van der Waals surface area contributed by atoms with Crippen molar-refractivity contribution < 1.29 is 23.8 Å². The van der Waals surface area contributed by atoms with E-state index in [0.29, 0.717) is 11.4 Å². The van der Waals surface area contributed by atoms with Crippen LogP contribution in [0.4, 0.5) is 11.4 Å². The molecule has 1 aliphatic rings. The van der Waals surface area contributed by atoms with Crippen molar-refractivity contribution in [2.24, 2.45) is 0 Å². The summed E-state index contributed by atoms with van der Waals surface area (Å²) in [5.74, 6) is -0.158. The van der Waals surface area contributed by atoms with Crippen LogP contribution in [0.15, 0.2) is 48.5 Å². The van der Waals surface area contributed by atoms with Crippen LogP contribution >= 0.6 is 0 Å². The van der Waals surface area contributed by atoms with E-state index in [1.54, 1.807) is 6.92 Å². The molecule has 1 atom stereocenters. The van der Waals surface area contributed by atoms with E-state index in [0.717, 1.165) is 37.6 Å². The van der Waals surface area contributed by atoms with Crippen LogP contribution in [-0.4, -0.2) is 50.9 Å². The van der Waals surface area contributed by atoms with Gasteiger partial charge in [-0.15, -0.1) is 0 Å². The zero-order chi connectivity index (χ0) is 21.3. The number of esters is 1. The summed E-state index contributed by atoms with van der Waals surface area (Å²) in [5, 5.41) is 2.77. The number of anilines is 2. The molecule has 0 bridgehead atoms. The Hall–Kier alpha value is -3.06. The summed E-state index contributed by atoms with van der Waals surface area (Å²) in [7, 11) is 0. The van der Waals surface area contributed by atoms with Crippen LogP contribution < -0.4 is 15.0 Å². The quantitative estimate of drug-likeness (QED) is 0.671. The Morgan fingerprint density at radius 1 is 1.07 bits per heavy atom. The first kappa shape index (κ1) is 21.6. The summed E-state index contributed by atoms with van der Waals surface area (Å²) in [4.78, 5) is 26.5. The van der Waals surface area contributed by atoms with E-state index >= 15 is 0 Å². The molecule has 3 rings (SSSR count). The van der Waals surface area contributed by atoms with Crippen LogP contribution in [0.2, 0.25) is 0 Å². The van der Waals surface area contributed by atoms with E-state index in [2.05, 4.69) is 10.2 Å². The number of hydrogen-bond acceptors (Lipinski definition) is 6. The minimum atomic E-state index is -0.893. The Balaban J connectivity index is 1.40. The van der Waals surface area contributed by atoms with Crippen LogP contribution in [0.25, 0.3) is 0 Å². The van der Waals surface area contributed by atoms with Crippen molar-refractivity contribution in [2.45, 2.75) is 26.4 Å². The molecule has 1 saturated heterocycles. The van der Waals surface area contributed by atoms with E-state index < -0.39 is 12.1 Å². The number of nitrogens with zero attached hydrogens (tertiary/aromatic N) is 1. The number of carbonyl (C=O) groups is 2. The number of aryl methyl sites for hydroxylation is 1. The number of amides is 1. The van der Waals surface area contributed by atoms with Gasteiger partial charge in [-0.3, -0.25) is 9.59 Å². The van der Waals surface area contributed by atoms with E-state index in [4.69, 9.17) is 14.2 Å². The summed E-state index contributed by atoms with van der Waals surface area (Å²) < 4.78 is 16.1. The molecule has 2 aromatic rings. The fourth-order valence-corrected chi connectivity index (χ4v) is 3.02. The van der Waals surface area contributed by atoms with Crippen LogP contribution in [-0.2, 0) is 19.1 Å². The average Bonchev–Trinajstić information content (AvgIpc) is 2.76. The number of hydrogen-bond donors (Lipinski definition) is 1. The maximum absolute atomic E-state index is 12.3. The van der Waals surface area contributed by atoms with Crippen molar-refractivity contribution in [1.29, 1.82) is 0 Å². The predicted octanol–water partition coefficient (Wildman–Crippen LogP) is 3.17. The highest BCUT2D eigenvalue weighted by atomic mass is 16.5. The minimum absolute atomic E-state index is 0.0692. The minimum Gasteiger partial charge on any atom is -0.493 e. The lowest BCUT2D eigenvalue weighted by Crippen LogP contribution is -2.36. The Morgan fingerprint density at radius 3 is 2.40 bits per heavy atom. The molecule has 1 N–H and O–H groups in total. The summed E-state index contributed by atoms with van der Waals surface area (Å²) >= 11 is 0. The highest BCUT2D eigenvalue weighted by Crippen LogP contribution is 2.19. The fraction of sp³-hybridized carbons (Fsp3) is 0.391. The second-order valence-corrected chi connectivity index (χ2v) is 7.18. The third kappa shape index (κ3) is 6.49. The zero-order valence-electron chi connectivity index (χ0n) is 17.4. The third-order valence-corrected chi connectivity index (χ3v) is 4.78. The molecule has 7 nitrogen and oxygen atoms in total. The predicted molar refractivity (Wildman–Crippen MR) is 115 cm³/mol. The first-order valence-corrected chi connectivity index (χ1v) is 10.1. The highest BCUT2D eigenvalue weighted by Gasteiger charge is 2.18. The normalized spacial score (nSPS) is 14.7. The number of ether oxygens (including phenoxy) is 3. The molecule has 0 aromatic heterocycles. The van der Waals surface area contributed by atoms with E-state index in [1.807, 2.05) is 55.5 Å². The van der Waals surface area contributed by atoms with Gasteiger partial charge in [0.25, 0.3) is 5.91 Å². The molecular formula is C23H28N2O5. The van der Waals surface area contributed by atoms with E-state index in [1.165, 1.54) is 0 Å². The zero-order valence-corrected chi connectivity index (χ0v) is 17.4. The van der Waals surface area contributed by atoms with Gasteiger partial charge >= 0.3 is 5.97 Å². The van der Waals surface area contributed by atoms with Gasteiger partial charge in [-0.25, -0.2) is 0 Å². The molecule has 0 spiro atoms. The van der Waals surface area contributed by atoms with E-state index in [9.17, 15) is 9.59 Å². The van der Waals surface area contributed by atoms with Crippen molar-refractivity contribution in [3.8, 4) is 5.75 Å². The van der Waals surface area contributed by atoms with Gasteiger partial charge in [0.15, 0.2) is 6.10 Å².